The van der Waals surface area contributed by atoms with Crippen molar-refractivity contribution in [3.8, 4) is 11.8 Å². The first-order chi connectivity index (χ1) is 9.04. The molecule has 8 heteroatoms. The third kappa shape index (κ3) is 2.12. The van der Waals surface area contributed by atoms with Gasteiger partial charge in [0.15, 0.2) is 0 Å². The summed E-state index contributed by atoms with van der Waals surface area (Å²) in [4.78, 5) is 25.2. The van der Waals surface area contributed by atoms with E-state index in [1.54, 1.807) is 6.07 Å². The average Bonchev–Trinajstić information content (AvgIpc) is 2.85. The van der Waals surface area contributed by atoms with Crippen molar-refractivity contribution < 1.29 is 9.72 Å². The predicted octanol–water partition coefficient (Wildman–Crippen LogP) is 0.751. The van der Waals surface area contributed by atoms with Gasteiger partial charge in [0.05, 0.1) is 4.92 Å². The van der Waals surface area contributed by atoms with Gasteiger partial charge in [-0.05, 0) is 12.1 Å². The monoisotopic (exact) mass is 257 g/mol. The molecule has 0 unspecified atom stereocenters. The second-order valence-electron chi connectivity index (χ2n) is 3.56. The SMILES string of the molecule is N#Cc1nccn1-c1cc(C(N)=O)ccc1[N+](=O)[O-]. The molecule has 0 aliphatic heterocycles. The molecule has 1 heterocycles. The van der Waals surface area contributed by atoms with Crippen molar-refractivity contribution in [2.24, 2.45) is 5.73 Å². The number of primary amides is 1. The largest absolute Gasteiger partial charge is 0.366 e. The van der Waals surface area contributed by atoms with Gasteiger partial charge >= 0.3 is 0 Å². The van der Waals surface area contributed by atoms with E-state index in [-0.39, 0.29) is 22.8 Å². The fourth-order valence-electron chi connectivity index (χ4n) is 1.60. The van der Waals surface area contributed by atoms with Crippen LogP contribution >= 0.6 is 0 Å². The number of nitriles is 1. The van der Waals surface area contributed by atoms with Crippen LogP contribution in [0.4, 0.5) is 5.69 Å². The van der Waals surface area contributed by atoms with Gasteiger partial charge in [-0.25, -0.2) is 4.98 Å². The van der Waals surface area contributed by atoms with Crippen LogP contribution in [0.5, 0.6) is 0 Å². The van der Waals surface area contributed by atoms with Crippen molar-refractivity contribution in [3.05, 3.63) is 52.1 Å². The van der Waals surface area contributed by atoms with Crippen molar-refractivity contribution in [1.29, 1.82) is 5.26 Å². The van der Waals surface area contributed by atoms with Gasteiger partial charge in [-0.2, -0.15) is 5.26 Å². The molecule has 0 fully saturated rings. The minimum absolute atomic E-state index is 0.0234. The highest BCUT2D eigenvalue weighted by Gasteiger charge is 2.19. The van der Waals surface area contributed by atoms with Gasteiger partial charge in [-0.3, -0.25) is 19.5 Å². The Bertz CT molecular complexity index is 713. The molecule has 0 aliphatic rings. The predicted molar refractivity (Wildman–Crippen MR) is 63.5 cm³/mol. The van der Waals surface area contributed by atoms with Crippen LogP contribution in [0, 0.1) is 21.4 Å². The molecule has 0 aliphatic carbocycles. The molecule has 19 heavy (non-hydrogen) atoms. The number of amides is 1. The van der Waals surface area contributed by atoms with Gasteiger partial charge < -0.3 is 5.73 Å². The number of nitrogens with zero attached hydrogens (tertiary/aromatic N) is 4. The molecule has 2 N–H and O–H groups in total. The Morgan fingerprint density at radius 3 is 2.84 bits per heavy atom. The Morgan fingerprint density at radius 1 is 1.53 bits per heavy atom. The zero-order valence-electron chi connectivity index (χ0n) is 9.48. The maximum Gasteiger partial charge on any atom is 0.293 e. The molecule has 0 atom stereocenters. The maximum atomic E-state index is 11.1. The highest BCUT2D eigenvalue weighted by molar-refractivity contribution is 5.94. The van der Waals surface area contributed by atoms with E-state index in [9.17, 15) is 14.9 Å². The maximum absolute atomic E-state index is 11.1. The summed E-state index contributed by atoms with van der Waals surface area (Å²) in [5.41, 5.74) is 5.06. The number of imidazole rings is 1. The minimum atomic E-state index is -0.713. The fourth-order valence-corrected chi connectivity index (χ4v) is 1.60. The molecule has 1 aromatic carbocycles. The quantitative estimate of drug-likeness (QED) is 0.640. The minimum Gasteiger partial charge on any atom is -0.366 e. The van der Waals surface area contributed by atoms with Gasteiger partial charge in [0.1, 0.15) is 11.8 Å². The Labute approximate surface area is 106 Å². The van der Waals surface area contributed by atoms with Crippen LogP contribution in [0.15, 0.2) is 30.6 Å². The standard InChI is InChI=1S/C11H7N5O3/c12-6-10-14-3-4-15(10)9-5-7(11(13)17)1-2-8(9)16(18)19/h1-5H,(H2,13,17). The number of rotatable bonds is 3. The molecule has 0 saturated carbocycles. The second-order valence-corrected chi connectivity index (χ2v) is 3.56. The summed E-state index contributed by atoms with van der Waals surface area (Å²) in [5, 5.41) is 19.9. The zero-order chi connectivity index (χ0) is 14.0. The molecule has 0 bridgehead atoms. The number of nitrogens with two attached hydrogens (primary N) is 1. The van der Waals surface area contributed by atoms with Crippen LogP contribution in [0.2, 0.25) is 0 Å². The molecule has 1 amide bonds. The number of hydrogen-bond donors (Lipinski definition) is 1. The summed E-state index contributed by atoms with van der Waals surface area (Å²) in [5.74, 6) is -0.737. The van der Waals surface area contributed by atoms with E-state index in [0.29, 0.717) is 0 Å². The first-order valence-corrected chi connectivity index (χ1v) is 5.06. The smallest absolute Gasteiger partial charge is 0.293 e. The van der Waals surface area contributed by atoms with Crippen LogP contribution < -0.4 is 5.73 Å². The van der Waals surface area contributed by atoms with E-state index in [0.717, 1.165) is 6.07 Å². The highest BCUT2D eigenvalue weighted by atomic mass is 16.6. The fraction of sp³-hybridized carbons (Fsp3) is 0. The van der Waals surface area contributed by atoms with Crippen molar-refractivity contribution in [3.63, 3.8) is 0 Å². The van der Waals surface area contributed by atoms with Crippen molar-refractivity contribution in [2.45, 2.75) is 0 Å². The lowest BCUT2D eigenvalue weighted by Crippen LogP contribution is -2.12. The number of carbonyl (C=O) groups is 1. The highest BCUT2D eigenvalue weighted by Crippen LogP contribution is 2.25. The molecular formula is C11H7N5O3. The Kier molecular flexibility index (Phi) is 2.95. The average molecular weight is 257 g/mol. The number of nitro groups is 1. The van der Waals surface area contributed by atoms with Gasteiger partial charge in [0.25, 0.3) is 5.69 Å². The Balaban J connectivity index is 2.72. The molecule has 94 valence electrons. The number of hydrogen-bond acceptors (Lipinski definition) is 5. The van der Waals surface area contributed by atoms with Crippen LogP contribution in [0.3, 0.4) is 0 Å². The van der Waals surface area contributed by atoms with Crippen LogP contribution in [0.25, 0.3) is 5.69 Å². The van der Waals surface area contributed by atoms with Crippen molar-refractivity contribution in [1.82, 2.24) is 9.55 Å². The summed E-state index contributed by atoms with van der Waals surface area (Å²) in [6, 6.07) is 5.48. The van der Waals surface area contributed by atoms with Crippen LogP contribution in [-0.2, 0) is 0 Å². The normalized spacial score (nSPS) is 9.84. The summed E-state index contributed by atoms with van der Waals surface area (Å²) >= 11 is 0. The summed E-state index contributed by atoms with van der Waals surface area (Å²) in [7, 11) is 0. The van der Waals surface area contributed by atoms with E-state index in [4.69, 9.17) is 11.0 Å². The van der Waals surface area contributed by atoms with Gasteiger partial charge in [-0.15, -0.1) is 0 Å². The lowest BCUT2D eigenvalue weighted by atomic mass is 10.1. The van der Waals surface area contributed by atoms with E-state index < -0.39 is 10.8 Å². The van der Waals surface area contributed by atoms with E-state index in [1.807, 2.05) is 0 Å². The van der Waals surface area contributed by atoms with E-state index in [1.165, 1.54) is 29.1 Å². The third-order valence-electron chi connectivity index (χ3n) is 2.46. The zero-order valence-corrected chi connectivity index (χ0v) is 9.48. The Morgan fingerprint density at radius 2 is 2.26 bits per heavy atom. The molecule has 1 aromatic heterocycles. The first-order valence-electron chi connectivity index (χ1n) is 5.06. The number of aromatic nitrogens is 2. The molecule has 2 aromatic rings. The van der Waals surface area contributed by atoms with Crippen LogP contribution in [-0.4, -0.2) is 20.4 Å². The summed E-state index contributed by atoms with van der Waals surface area (Å²) < 4.78 is 1.23. The molecule has 0 saturated heterocycles. The first kappa shape index (κ1) is 12.3. The van der Waals surface area contributed by atoms with Crippen LogP contribution in [0.1, 0.15) is 16.2 Å². The van der Waals surface area contributed by atoms with Crippen molar-refractivity contribution in [2.75, 3.05) is 0 Å². The summed E-state index contributed by atoms with van der Waals surface area (Å²) in [6.07, 6.45) is 2.73. The van der Waals surface area contributed by atoms with Gasteiger partial charge in [0, 0.05) is 24.0 Å². The topological polar surface area (TPSA) is 128 Å². The van der Waals surface area contributed by atoms with E-state index >= 15 is 0 Å². The number of carbonyl (C=O) groups excluding carboxylic acids is 1. The molecule has 8 nitrogen and oxygen atoms in total. The molecule has 0 radical (unpaired) electrons. The molecule has 2 rings (SSSR count). The van der Waals surface area contributed by atoms with Gasteiger partial charge in [-0.1, -0.05) is 0 Å². The second kappa shape index (κ2) is 4.58. The number of nitro benzene ring substituents is 1. The van der Waals surface area contributed by atoms with Crippen molar-refractivity contribution >= 4 is 11.6 Å². The number of benzene rings is 1. The third-order valence-corrected chi connectivity index (χ3v) is 2.46. The van der Waals surface area contributed by atoms with E-state index in [2.05, 4.69) is 4.98 Å². The lowest BCUT2D eigenvalue weighted by molar-refractivity contribution is -0.384. The molecule has 0 spiro atoms. The van der Waals surface area contributed by atoms with Gasteiger partial charge in [0.2, 0.25) is 11.7 Å². The summed E-state index contributed by atoms with van der Waals surface area (Å²) in [6.45, 7) is 0. The Hall–Kier alpha value is -3.21. The lowest BCUT2D eigenvalue weighted by Gasteiger charge is -2.06. The molecular weight excluding hydrogens is 250 g/mol.